The zero-order valence-electron chi connectivity index (χ0n) is 27.0. The molecular formula is C37H48O4S2. The Labute approximate surface area is 261 Å². The highest BCUT2D eigenvalue weighted by Gasteiger charge is 2.66. The first kappa shape index (κ1) is 32.0. The molecule has 4 nitrogen and oxygen atoms in total. The summed E-state index contributed by atoms with van der Waals surface area (Å²) in [5, 5.41) is 0. The number of hydrogen-bond acceptors (Lipinski definition) is 4. The molecule has 43 heavy (non-hydrogen) atoms. The second-order valence-corrected chi connectivity index (χ2v) is 18.5. The number of ketones is 1. The third kappa shape index (κ3) is 5.32. The van der Waals surface area contributed by atoms with E-state index in [9.17, 15) is 13.2 Å². The highest BCUT2D eigenvalue weighted by Crippen LogP contribution is 2.73. The summed E-state index contributed by atoms with van der Waals surface area (Å²) >= 11 is 0. The van der Waals surface area contributed by atoms with Gasteiger partial charge in [0.2, 0.25) is 0 Å². The lowest BCUT2D eigenvalue weighted by molar-refractivity contribution is -0.128. The van der Waals surface area contributed by atoms with Crippen molar-refractivity contribution in [3.05, 3.63) is 89.5 Å². The molecule has 3 aromatic rings. The van der Waals surface area contributed by atoms with Crippen LogP contribution < -0.4 is 0 Å². The molecule has 0 aromatic heterocycles. The fourth-order valence-corrected chi connectivity index (χ4v) is 14.2. The van der Waals surface area contributed by atoms with Crippen LogP contribution in [-0.2, 0) is 18.5 Å². The van der Waals surface area contributed by atoms with Crippen molar-refractivity contribution in [3.63, 3.8) is 0 Å². The van der Waals surface area contributed by atoms with Crippen LogP contribution in [0.2, 0.25) is 0 Å². The molecule has 0 heterocycles. The predicted octanol–water partition coefficient (Wildman–Crippen LogP) is 10.00. The zero-order valence-corrected chi connectivity index (χ0v) is 28.6. The first-order valence-corrected chi connectivity index (χ1v) is 18.9. The van der Waals surface area contributed by atoms with Crippen LogP contribution in [0.1, 0.15) is 109 Å². The van der Waals surface area contributed by atoms with Gasteiger partial charge >= 0.3 is 0 Å². The van der Waals surface area contributed by atoms with Gasteiger partial charge < -0.3 is 0 Å². The van der Waals surface area contributed by atoms with Crippen LogP contribution in [0.5, 0.6) is 0 Å². The maximum absolute atomic E-state index is 14.7. The van der Waals surface area contributed by atoms with Gasteiger partial charge in [0, 0.05) is 21.1 Å². The van der Waals surface area contributed by atoms with E-state index in [-0.39, 0.29) is 34.7 Å². The number of fused-ring (bicyclic) bond motifs is 2. The Morgan fingerprint density at radius 1 is 0.791 bits per heavy atom. The summed E-state index contributed by atoms with van der Waals surface area (Å²) in [7, 11) is -7.01. The molecule has 6 heteroatoms. The van der Waals surface area contributed by atoms with Gasteiger partial charge in [-0.3, -0.25) is 4.79 Å². The van der Waals surface area contributed by atoms with Gasteiger partial charge in [-0.25, -0.2) is 3.63 Å². The molecule has 0 radical (unpaired) electrons. The molecule has 0 saturated heterocycles. The Balaban J connectivity index is 1.84. The van der Waals surface area contributed by atoms with E-state index in [0.717, 1.165) is 32.2 Å². The third-order valence-corrected chi connectivity index (χ3v) is 15.7. The largest absolute Gasteiger partial charge is 0.299 e. The topological polar surface area (TPSA) is 60.4 Å². The Morgan fingerprint density at radius 2 is 1.28 bits per heavy atom. The summed E-state index contributed by atoms with van der Waals surface area (Å²) in [6, 6.07) is 24.4. The van der Waals surface area contributed by atoms with Crippen LogP contribution >= 0.6 is 10.3 Å². The molecule has 0 amide bonds. The van der Waals surface area contributed by atoms with Gasteiger partial charge in [0.1, 0.15) is 5.78 Å². The number of Topliss-reactive ketones (excluding diaryl/α,β-unsaturated/α-hetero) is 1. The zero-order chi connectivity index (χ0) is 31.4. The van der Waals surface area contributed by atoms with Gasteiger partial charge in [0.05, 0.1) is 11.2 Å². The minimum Gasteiger partial charge on any atom is -0.299 e. The number of rotatable bonds is 10. The lowest BCUT2D eigenvalue weighted by Gasteiger charge is -2.44. The number of hydrogen-bond donors (Lipinski definition) is 0. The molecule has 2 aliphatic rings. The average Bonchev–Trinajstić information content (AvgIpc) is 3.30. The van der Waals surface area contributed by atoms with Crippen LogP contribution in [0, 0.1) is 16.7 Å². The molecule has 2 fully saturated rings. The molecule has 232 valence electrons. The van der Waals surface area contributed by atoms with E-state index in [0.29, 0.717) is 18.8 Å². The third-order valence-electron chi connectivity index (χ3n) is 10.3. The van der Waals surface area contributed by atoms with E-state index >= 15 is 0 Å². The molecular weight excluding hydrogens is 573 g/mol. The molecule has 5 rings (SSSR count). The van der Waals surface area contributed by atoms with E-state index in [1.54, 1.807) is 0 Å². The minimum absolute atomic E-state index is 0.0768. The summed E-state index contributed by atoms with van der Waals surface area (Å²) < 4.78 is 36.4. The molecule has 2 aliphatic carbocycles. The van der Waals surface area contributed by atoms with Gasteiger partial charge in [-0.15, -0.1) is 0 Å². The standard InChI is InChI=1S/C37H48O4S2/c1-25(2)28-21-32(26(3)4)35(33(22-28)27(5)6)43(30-15-11-9-12-16-30,31-17-13-10-14-18-31)41-42(39,40)24-37-20-19-29(23-34(37)38)36(37,7)8/h9-18,21-22,25-27,29H,19-20,23-24H2,1-8H3. The highest BCUT2D eigenvalue weighted by molar-refractivity contribution is 8.33. The fraction of sp³-hybridized carbons (Fsp3) is 0.486. The Morgan fingerprint density at radius 3 is 1.65 bits per heavy atom. The molecule has 0 N–H and O–H groups in total. The van der Waals surface area contributed by atoms with Gasteiger partial charge in [-0.1, -0.05) is 104 Å². The van der Waals surface area contributed by atoms with E-state index in [2.05, 4.69) is 67.5 Å². The van der Waals surface area contributed by atoms with Crippen molar-refractivity contribution in [2.75, 3.05) is 5.75 Å². The smallest absolute Gasteiger partial charge is 0.278 e. The normalized spacial score (nSPS) is 22.2. The SMILES string of the molecule is CC(C)c1cc(C(C)C)c(S(OS(=O)(=O)CC23CCC(CC2=O)C3(C)C)(c2ccccc2)c2ccccc2)c(C(C)C)c1. The van der Waals surface area contributed by atoms with Crippen molar-refractivity contribution in [3.8, 4) is 0 Å². The van der Waals surface area contributed by atoms with Crippen molar-refractivity contribution in [1.82, 2.24) is 0 Å². The minimum atomic E-state index is -4.21. The fourth-order valence-electron chi connectivity index (χ4n) is 7.52. The molecule has 2 atom stereocenters. The second-order valence-electron chi connectivity index (χ2n) is 14.1. The van der Waals surface area contributed by atoms with Crippen molar-refractivity contribution in [2.24, 2.45) is 16.7 Å². The molecule has 3 aromatic carbocycles. The van der Waals surface area contributed by atoms with Crippen LogP contribution in [0.3, 0.4) is 0 Å². The monoisotopic (exact) mass is 620 g/mol. The first-order chi connectivity index (χ1) is 20.2. The van der Waals surface area contributed by atoms with Crippen molar-refractivity contribution < 1.29 is 16.8 Å². The summed E-state index contributed by atoms with van der Waals surface area (Å²) in [4.78, 5) is 16.2. The molecule has 0 spiro atoms. The molecule has 2 saturated carbocycles. The maximum atomic E-state index is 14.7. The highest BCUT2D eigenvalue weighted by atomic mass is 32.3. The van der Waals surface area contributed by atoms with Crippen LogP contribution in [0.15, 0.2) is 87.5 Å². The van der Waals surface area contributed by atoms with Gasteiger partial charge in [0.25, 0.3) is 10.1 Å². The van der Waals surface area contributed by atoms with Crippen molar-refractivity contribution >= 4 is 26.2 Å². The van der Waals surface area contributed by atoms with E-state index in [1.807, 2.05) is 60.7 Å². The van der Waals surface area contributed by atoms with Gasteiger partial charge in [0.15, 0.2) is 0 Å². The summed E-state index contributed by atoms with van der Waals surface area (Å²) in [6.45, 7) is 17.3. The van der Waals surface area contributed by atoms with Crippen LogP contribution in [0.25, 0.3) is 0 Å². The lowest BCUT2D eigenvalue weighted by atomic mass is 9.70. The van der Waals surface area contributed by atoms with E-state index < -0.39 is 25.8 Å². The quantitative estimate of drug-likeness (QED) is 0.226. The van der Waals surface area contributed by atoms with E-state index in [1.165, 1.54) is 5.56 Å². The molecule has 2 unspecified atom stereocenters. The van der Waals surface area contributed by atoms with Crippen molar-refractivity contribution in [1.29, 1.82) is 0 Å². The molecule has 0 aliphatic heterocycles. The molecule has 2 bridgehead atoms. The maximum Gasteiger partial charge on any atom is 0.278 e. The number of carbonyl (C=O) groups is 1. The van der Waals surface area contributed by atoms with Gasteiger partial charge in [-0.2, -0.15) is 8.42 Å². The van der Waals surface area contributed by atoms with Crippen LogP contribution in [0.4, 0.5) is 0 Å². The average molecular weight is 621 g/mol. The Hall–Kier alpha value is -2.41. The summed E-state index contributed by atoms with van der Waals surface area (Å²) in [5.41, 5.74) is 2.16. The summed E-state index contributed by atoms with van der Waals surface area (Å²) in [5.74, 6) is 0.584. The Kier molecular flexibility index (Phi) is 8.56. The summed E-state index contributed by atoms with van der Waals surface area (Å²) in [6.07, 6.45) is 1.95. The second kappa shape index (κ2) is 11.5. The Bertz CT molecular complexity index is 1520. The first-order valence-electron chi connectivity index (χ1n) is 15.7. The van der Waals surface area contributed by atoms with Crippen LogP contribution in [-0.4, -0.2) is 20.0 Å². The number of benzene rings is 3. The van der Waals surface area contributed by atoms with E-state index in [4.69, 9.17) is 3.63 Å². The lowest BCUT2D eigenvalue weighted by Crippen LogP contribution is -2.42. The van der Waals surface area contributed by atoms with Gasteiger partial charge in [-0.05, 0) is 93.2 Å². The predicted molar refractivity (Wildman–Crippen MR) is 177 cm³/mol. The number of carbonyl (C=O) groups excluding carboxylic acids is 1. The van der Waals surface area contributed by atoms with Crippen molar-refractivity contribution in [2.45, 2.75) is 107 Å².